The van der Waals surface area contributed by atoms with Gasteiger partial charge in [0, 0.05) is 5.56 Å². The largest absolute Gasteiger partial charge is 0.469 e. The first kappa shape index (κ1) is 12.8. The highest BCUT2D eigenvalue weighted by atomic mass is 79.9. The monoisotopic (exact) mass is 294 g/mol. The Morgan fingerprint density at radius 1 is 1.69 bits per heavy atom. The third-order valence-electron chi connectivity index (χ3n) is 1.85. The Kier molecular flexibility index (Phi) is 4.17. The number of carbonyl (C=O) groups excluding carboxylic acids is 1. The number of alkyl halides is 2. The first-order valence-electron chi connectivity index (χ1n) is 4.25. The van der Waals surface area contributed by atoms with Crippen molar-refractivity contribution < 1.29 is 18.3 Å². The highest BCUT2D eigenvalue weighted by Gasteiger charge is 2.17. The standard InChI is InChI=1S/C9H9BrF2N2O2/c1-16-6(15)3-4-2-5(8(11)12)7(10)9(13)14-4/h2,8H,3H2,1H3,(H2,13,14). The molecule has 0 radical (unpaired) electrons. The average Bonchev–Trinajstić information content (AvgIpc) is 2.22. The van der Waals surface area contributed by atoms with E-state index in [1.54, 1.807) is 0 Å². The second-order valence-corrected chi connectivity index (χ2v) is 3.75. The Morgan fingerprint density at radius 3 is 2.81 bits per heavy atom. The van der Waals surface area contributed by atoms with Crippen LogP contribution in [0.15, 0.2) is 10.5 Å². The molecule has 4 nitrogen and oxygen atoms in total. The van der Waals surface area contributed by atoms with E-state index < -0.39 is 12.4 Å². The van der Waals surface area contributed by atoms with Gasteiger partial charge in [-0.25, -0.2) is 13.8 Å². The number of nitrogens with zero attached hydrogens (tertiary/aromatic N) is 1. The number of carbonyl (C=O) groups is 1. The first-order valence-corrected chi connectivity index (χ1v) is 5.04. The fraction of sp³-hybridized carbons (Fsp3) is 0.333. The van der Waals surface area contributed by atoms with Crippen LogP contribution in [0.25, 0.3) is 0 Å². The minimum Gasteiger partial charge on any atom is -0.469 e. The zero-order valence-electron chi connectivity index (χ0n) is 8.34. The quantitative estimate of drug-likeness (QED) is 0.867. The van der Waals surface area contributed by atoms with E-state index in [1.807, 2.05) is 0 Å². The SMILES string of the molecule is COC(=O)Cc1cc(C(F)F)c(Br)c(N)n1. The number of ether oxygens (including phenoxy) is 1. The number of aromatic nitrogens is 1. The molecule has 1 aromatic rings. The smallest absolute Gasteiger partial charge is 0.311 e. The molecule has 2 N–H and O–H groups in total. The topological polar surface area (TPSA) is 65.2 Å². The predicted molar refractivity (Wildman–Crippen MR) is 57.0 cm³/mol. The normalized spacial score (nSPS) is 10.6. The number of rotatable bonds is 3. The van der Waals surface area contributed by atoms with Gasteiger partial charge in [0.05, 0.1) is 23.7 Å². The van der Waals surface area contributed by atoms with Gasteiger partial charge in [-0.2, -0.15) is 0 Å². The average molecular weight is 295 g/mol. The van der Waals surface area contributed by atoms with Crippen molar-refractivity contribution in [2.75, 3.05) is 12.8 Å². The molecule has 0 fully saturated rings. The summed E-state index contributed by atoms with van der Waals surface area (Å²) in [4.78, 5) is 14.8. The molecule has 0 aliphatic carbocycles. The lowest BCUT2D eigenvalue weighted by atomic mass is 10.2. The molecule has 0 unspecified atom stereocenters. The number of hydrogen-bond donors (Lipinski definition) is 1. The zero-order chi connectivity index (χ0) is 12.3. The molecular weight excluding hydrogens is 286 g/mol. The van der Waals surface area contributed by atoms with Crippen molar-refractivity contribution in [3.63, 3.8) is 0 Å². The molecule has 0 amide bonds. The second kappa shape index (κ2) is 5.20. The van der Waals surface area contributed by atoms with Gasteiger partial charge in [0.1, 0.15) is 5.82 Å². The van der Waals surface area contributed by atoms with E-state index in [0.717, 1.165) is 6.07 Å². The Hall–Kier alpha value is -1.24. The van der Waals surface area contributed by atoms with Gasteiger partial charge in [-0.05, 0) is 22.0 Å². The van der Waals surface area contributed by atoms with E-state index in [9.17, 15) is 13.6 Å². The van der Waals surface area contributed by atoms with Crippen molar-refractivity contribution in [1.29, 1.82) is 0 Å². The lowest BCUT2D eigenvalue weighted by Gasteiger charge is -2.08. The Balaban J connectivity index is 3.09. The van der Waals surface area contributed by atoms with E-state index in [-0.39, 0.29) is 28.0 Å². The Bertz CT molecular complexity index is 413. The Morgan fingerprint density at radius 2 is 2.31 bits per heavy atom. The maximum Gasteiger partial charge on any atom is 0.311 e. The van der Waals surface area contributed by atoms with Crippen LogP contribution in [0.5, 0.6) is 0 Å². The highest BCUT2D eigenvalue weighted by Crippen LogP contribution is 2.31. The molecule has 7 heteroatoms. The maximum absolute atomic E-state index is 12.6. The van der Waals surface area contributed by atoms with Crippen molar-refractivity contribution in [2.45, 2.75) is 12.8 Å². The summed E-state index contributed by atoms with van der Waals surface area (Å²) < 4.78 is 29.6. The minimum absolute atomic E-state index is 0.0520. The van der Waals surface area contributed by atoms with Crippen LogP contribution in [-0.2, 0) is 16.0 Å². The van der Waals surface area contributed by atoms with E-state index in [0.29, 0.717) is 0 Å². The molecular formula is C9H9BrF2N2O2. The van der Waals surface area contributed by atoms with Gasteiger partial charge in [-0.1, -0.05) is 0 Å². The van der Waals surface area contributed by atoms with E-state index in [1.165, 1.54) is 7.11 Å². The highest BCUT2D eigenvalue weighted by molar-refractivity contribution is 9.10. The summed E-state index contributed by atoms with van der Waals surface area (Å²) in [7, 11) is 1.21. The van der Waals surface area contributed by atoms with Gasteiger partial charge >= 0.3 is 5.97 Å². The number of hydrogen-bond acceptors (Lipinski definition) is 4. The second-order valence-electron chi connectivity index (χ2n) is 2.96. The summed E-state index contributed by atoms with van der Waals surface area (Å²) in [6.45, 7) is 0. The molecule has 0 spiro atoms. The van der Waals surface area contributed by atoms with E-state index >= 15 is 0 Å². The number of anilines is 1. The fourth-order valence-electron chi connectivity index (χ4n) is 1.10. The van der Waals surface area contributed by atoms with Crippen LogP contribution in [0, 0.1) is 0 Å². The van der Waals surface area contributed by atoms with Crippen LogP contribution in [0.1, 0.15) is 17.7 Å². The molecule has 0 saturated heterocycles. The van der Waals surface area contributed by atoms with Gasteiger partial charge in [0.25, 0.3) is 6.43 Å². The maximum atomic E-state index is 12.6. The van der Waals surface area contributed by atoms with Crippen molar-refractivity contribution in [3.8, 4) is 0 Å². The van der Waals surface area contributed by atoms with Crippen LogP contribution >= 0.6 is 15.9 Å². The molecule has 0 aliphatic rings. The van der Waals surface area contributed by atoms with Crippen molar-refractivity contribution in [1.82, 2.24) is 4.98 Å². The molecule has 1 heterocycles. The van der Waals surface area contributed by atoms with Crippen molar-refractivity contribution in [3.05, 3.63) is 21.8 Å². The third-order valence-corrected chi connectivity index (χ3v) is 2.72. The summed E-state index contributed by atoms with van der Waals surface area (Å²) in [5.41, 5.74) is 5.30. The minimum atomic E-state index is -2.68. The molecule has 0 bridgehead atoms. The Labute approximate surface area is 98.9 Å². The van der Waals surface area contributed by atoms with Gasteiger partial charge in [0.2, 0.25) is 0 Å². The summed E-state index contributed by atoms with van der Waals surface area (Å²) in [5.74, 6) is -0.633. The molecule has 88 valence electrons. The number of pyridine rings is 1. The van der Waals surface area contributed by atoms with Crippen LogP contribution < -0.4 is 5.73 Å². The van der Waals surface area contributed by atoms with Gasteiger partial charge < -0.3 is 10.5 Å². The molecule has 1 aromatic heterocycles. The first-order chi connectivity index (χ1) is 7.45. The van der Waals surface area contributed by atoms with Gasteiger partial charge in [-0.3, -0.25) is 4.79 Å². The summed E-state index contributed by atoms with van der Waals surface area (Å²) >= 11 is 2.91. The molecule has 0 aromatic carbocycles. The lowest BCUT2D eigenvalue weighted by Crippen LogP contribution is -2.09. The molecule has 0 saturated carbocycles. The van der Waals surface area contributed by atoms with E-state index in [2.05, 4.69) is 25.7 Å². The van der Waals surface area contributed by atoms with Gasteiger partial charge in [0.15, 0.2) is 0 Å². The van der Waals surface area contributed by atoms with E-state index in [4.69, 9.17) is 5.73 Å². The lowest BCUT2D eigenvalue weighted by molar-refractivity contribution is -0.139. The van der Waals surface area contributed by atoms with Crippen molar-refractivity contribution in [2.24, 2.45) is 0 Å². The van der Waals surface area contributed by atoms with Crippen LogP contribution in [0.4, 0.5) is 14.6 Å². The predicted octanol–water partition coefficient (Wildman–Crippen LogP) is 2.08. The number of halogens is 3. The number of nitrogen functional groups attached to an aromatic ring is 1. The molecule has 0 aliphatic heterocycles. The van der Waals surface area contributed by atoms with Gasteiger partial charge in [-0.15, -0.1) is 0 Å². The number of esters is 1. The third kappa shape index (κ3) is 2.88. The molecule has 1 rings (SSSR count). The van der Waals surface area contributed by atoms with Crippen molar-refractivity contribution >= 4 is 27.7 Å². The number of nitrogens with two attached hydrogens (primary N) is 1. The molecule has 0 atom stereocenters. The zero-order valence-corrected chi connectivity index (χ0v) is 9.92. The summed E-state index contributed by atoms with van der Waals surface area (Å²) in [5, 5.41) is 0. The summed E-state index contributed by atoms with van der Waals surface area (Å²) in [6, 6.07) is 1.13. The van der Waals surface area contributed by atoms with Crippen LogP contribution in [-0.4, -0.2) is 18.1 Å². The van der Waals surface area contributed by atoms with Crippen LogP contribution in [0.3, 0.4) is 0 Å². The number of methoxy groups -OCH3 is 1. The fourth-order valence-corrected chi connectivity index (χ4v) is 1.47. The molecule has 16 heavy (non-hydrogen) atoms. The summed E-state index contributed by atoms with van der Waals surface area (Å²) in [6.07, 6.45) is -2.87. The van der Waals surface area contributed by atoms with Crippen LogP contribution in [0.2, 0.25) is 0 Å².